The van der Waals surface area contributed by atoms with Crippen LogP contribution in [0.1, 0.15) is 36.6 Å². The third-order valence-corrected chi connectivity index (χ3v) is 5.95. The molecule has 0 bridgehead atoms. The van der Waals surface area contributed by atoms with E-state index in [1.807, 2.05) is 49.4 Å². The molecule has 36 heavy (non-hydrogen) atoms. The maximum absolute atomic E-state index is 13.3. The number of nitrogens with zero attached hydrogens (tertiary/aromatic N) is 4. The van der Waals surface area contributed by atoms with Gasteiger partial charge in [-0.2, -0.15) is 4.98 Å². The Morgan fingerprint density at radius 3 is 2.58 bits per heavy atom. The van der Waals surface area contributed by atoms with E-state index in [2.05, 4.69) is 15.0 Å². The molecule has 0 aliphatic heterocycles. The number of ether oxygens (including phenoxy) is 2. The van der Waals surface area contributed by atoms with Gasteiger partial charge in [-0.3, -0.25) is 9.36 Å². The van der Waals surface area contributed by atoms with Gasteiger partial charge in [0.25, 0.3) is 5.56 Å². The van der Waals surface area contributed by atoms with Crippen molar-refractivity contribution in [3.05, 3.63) is 92.9 Å². The fourth-order valence-corrected chi connectivity index (χ4v) is 3.88. The van der Waals surface area contributed by atoms with Gasteiger partial charge in [0.2, 0.25) is 5.88 Å². The van der Waals surface area contributed by atoms with Crippen molar-refractivity contribution in [2.24, 2.45) is 0 Å². The largest absolute Gasteiger partial charge is 0.497 e. The first-order valence-corrected chi connectivity index (χ1v) is 11.7. The lowest BCUT2D eigenvalue weighted by atomic mass is 10.1. The molecule has 8 nitrogen and oxygen atoms in total. The van der Waals surface area contributed by atoms with Gasteiger partial charge in [-0.15, -0.1) is 0 Å². The molecule has 0 unspecified atom stereocenters. The van der Waals surface area contributed by atoms with Gasteiger partial charge in [0, 0.05) is 11.8 Å². The minimum atomic E-state index is -1.19. The smallest absolute Gasteiger partial charge is 0.280 e. The van der Waals surface area contributed by atoms with Gasteiger partial charge in [0.15, 0.2) is 10.8 Å². The van der Waals surface area contributed by atoms with E-state index in [9.17, 15) is 9.90 Å². The van der Waals surface area contributed by atoms with Gasteiger partial charge in [-0.05, 0) is 63.1 Å². The van der Waals surface area contributed by atoms with E-state index in [0.29, 0.717) is 28.8 Å². The van der Waals surface area contributed by atoms with Crippen LogP contribution in [0, 0.1) is 13.8 Å². The zero-order valence-electron chi connectivity index (χ0n) is 20.7. The topological polar surface area (TPSA) is 99.4 Å². The van der Waals surface area contributed by atoms with E-state index in [4.69, 9.17) is 21.1 Å². The first kappa shape index (κ1) is 25.3. The van der Waals surface area contributed by atoms with E-state index in [1.165, 1.54) is 4.57 Å². The lowest BCUT2D eigenvalue weighted by molar-refractivity contribution is 0.0688. The Labute approximate surface area is 214 Å². The summed E-state index contributed by atoms with van der Waals surface area (Å²) >= 11 is 6.43. The maximum Gasteiger partial charge on any atom is 0.280 e. The van der Waals surface area contributed by atoms with Crippen LogP contribution in [0.5, 0.6) is 11.6 Å². The minimum absolute atomic E-state index is 0.0673. The molecule has 0 aliphatic rings. The summed E-state index contributed by atoms with van der Waals surface area (Å²) in [5.74, 6) is 1.50. The number of benzene rings is 2. The monoisotopic (exact) mass is 506 g/mol. The highest BCUT2D eigenvalue weighted by molar-refractivity contribution is 6.31. The SMILES string of the molecule is COc1cccc(COc2nc(C)n(-c3cc(-c4ccnc(C(C)(C)O)n4)ccc3C)c(=O)c2Cl)c1. The molecule has 186 valence electrons. The molecule has 0 saturated carbocycles. The number of aromatic nitrogens is 4. The highest BCUT2D eigenvalue weighted by atomic mass is 35.5. The summed E-state index contributed by atoms with van der Waals surface area (Å²) in [6.45, 7) is 7.05. The molecule has 0 saturated heterocycles. The lowest BCUT2D eigenvalue weighted by Gasteiger charge is -2.17. The zero-order chi connectivity index (χ0) is 26.0. The van der Waals surface area contributed by atoms with E-state index in [-0.39, 0.29) is 17.5 Å². The average molecular weight is 507 g/mol. The Morgan fingerprint density at radius 1 is 1.08 bits per heavy atom. The van der Waals surface area contributed by atoms with Crippen molar-refractivity contribution in [3.63, 3.8) is 0 Å². The standard InChI is InChI=1S/C27H27ClN4O4/c1-16-9-10-19(21-11-12-29-26(31-21)27(3,4)34)14-22(16)32-17(2)30-24(23(28)25(32)33)36-15-18-7-6-8-20(13-18)35-5/h6-14,34H,15H2,1-5H3. The fraction of sp³-hybridized carbons (Fsp3) is 0.259. The Hall–Kier alpha value is -3.75. The van der Waals surface area contributed by atoms with Crippen LogP contribution in [0.25, 0.3) is 16.9 Å². The van der Waals surface area contributed by atoms with Gasteiger partial charge in [-0.1, -0.05) is 35.9 Å². The number of rotatable bonds is 7. The highest BCUT2D eigenvalue weighted by Gasteiger charge is 2.21. The Morgan fingerprint density at radius 2 is 1.86 bits per heavy atom. The summed E-state index contributed by atoms with van der Waals surface area (Å²) in [6.07, 6.45) is 1.60. The third kappa shape index (κ3) is 5.24. The third-order valence-electron chi connectivity index (χ3n) is 5.62. The lowest BCUT2D eigenvalue weighted by Crippen LogP contribution is -2.24. The van der Waals surface area contributed by atoms with Crippen LogP contribution in [0.4, 0.5) is 0 Å². The van der Waals surface area contributed by atoms with Crippen molar-refractivity contribution in [2.45, 2.75) is 39.9 Å². The van der Waals surface area contributed by atoms with Crippen molar-refractivity contribution in [1.82, 2.24) is 19.5 Å². The molecule has 0 amide bonds. The Balaban J connectivity index is 1.71. The summed E-state index contributed by atoms with van der Waals surface area (Å²) < 4.78 is 12.5. The molecular weight excluding hydrogens is 480 g/mol. The minimum Gasteiger partial charge on any atom is -0.497 e. The number of methoxy groups -OCH3 is 1. The molecule has 0 atom stereocenters. The quantitative estimate of drug-likeness (QED) is 0.385. The number of halogens is 1. The van der Waals surface area contributed by atoms with Crippen LogP contribution in [-0.4, -0.2) is 31.7 Å². The molecule has 1 N–H and O–H groups in total. The highest BCUT2D eigenvalue weighted by Crippen LogP contribution is 2.27. The van der Waals surface area contributed by atoms with Crippen molar-refractivity contribution in [3.8, 4) is 28.6 Å². The van der Waals surface area contributed by atoms with Crippen LogP contribution in [-0.2, 0) is 12.2 Å². The molecule has 0 fully saturated rings. The first-order valence-electron chi connectivity index (χ1n) is 11.3. The van der Waals surface area contributed by atoms with E-state index < -0.39 is 11.2 Å². The van der Waals surface area contributed by atoms with E-state index >= 15 is 0 Å². The van der Waals surface area contributed by atoms with Crippen LogP contribution in [0.2, 0.25) is 5.02 Å². The summed E-state index contributed by atoms with van der Waals surface area (Å²) in [6, 6.07) is 14.8. The summed E-state index contributed by atoms with van der Waals surface area (Å²) in [7, 11) is 1.59. The average Bonchev–Trinajstić information content (AvgIpc) is 2.86. The molecule has 9 heteroatoms. The number of hydrogen-bond donors (Lipinski definition) is 1. The molecule has 2 heterocycles. The Kier molecular flexibility index (Phi) is 7.10. The summed E-state index contributed by atoms with van der Waals surface area (Å²) in [5, 5.41) is 10.2. The van der Waals surface area contributed by atoms with Crippen LogP contribution in [0.15, 0.2) is 59.5 Å². The molecule has 0 radical (unpaired) electrons. The van der Waals surface area contributed by atoms with Gasteiger partial charge < -0.3 is 14.6 Å². The Bertz CT molecular complexity index is 1480. The van der Waals surface area contributed by atoms with Crippen LogP contribution >= 0.6 is 11.6 Å². The molecule has 0 spiro atoms. The van der Waals surface area contributed by atoms with Crippen LogP contribution < -0.4 is 15.0 Å². The van der Waals surface area contributed by atoms with Gasteiger partial charge in [0.05, 0.1) is 18.5 Å². The predicted octanol–water partition coefficient (Wildman–Crippen LogP) is 4.77. The van der Waals surface area contributed by atoms with Gasteiger partial charge in [0.1, 0.15) is 23.8 Å². The number of aliphatic hydroxyl groups is 1. The fourth-order valence-electron chi connectivity index (χ4n) is 3.70. The summed E-state index contributed by atoms with van der Waals surface area (Å²) in [5.41, 5.74) is 2.07. The normalized spacial score (nSPS) is 11.4. The van der Waals surface area contributed by atoms with Crippen molar-refractivity contribution in [1.29, 1.82) is 0 Å². The molecule has 0 aliphatic carbocycles. The molecule has 4 aromatic rings. The predicted molar refractivity (Wildman–Crippen MR) is 138 cm³/mol. The molecule has 2 aromatic carbocycles. The number of hydrogen-bond acceptors (Lipinski definition) is 7. The second kappa shape index (κ2) is 10.1. The maximum atomic E-state index is 13.3. The number of aryl methyl sites for hydroxylation is 2. The summed E-state index contributed by atoms with van der Waals surface area (Å²) in [4.78, 5) is 26.5. The molecule has 2 aromatic heterocycles. The van der Waals surface area contributed by atoms with Crippen molar-refractivity contribution < 1.29 is 14.6 Å². The van der Waals surface area contributed by atoms with Crippen LogP contribution in [0.3, 0.4) is 0 Å². The van der Waals surface area contributed by atoms with E-state index in [0.717, 1.165) is 16.7 Å². The van der Waals surface area contributed by atoms with E-state index in [1.54, 1.807) is 40.1 Å². The van der Waals surface area contributed by atoms with Gasteiger partial charge in [-0.25, -0.2) is 9.97 Å². The molecular formula is C27H27ClN4O4. The van der Waals surface area contributed by atoms with Crippen molar-refractivity contribution >= 4 is 11.6 Å². The molecule has 4 rings (SSSR count). The zero-order valence-corrected chi connectivity index (χ0v) is 21.5. The first-order chi connectivity index (χ1) is 17.1. The van der Waals surface area contributed by atoms with Crippen molar-refractivity contribution in [2.75, 3.05) is 7.11 Å². The second-order valence-electron chi connectivity index (χ2n) is 8.88. The second-order valence-corrected chi connectivity index (χ2v) is 9.26. The van der Waals surface area contributed by atoms with Gasteiger partial charge >= 0.3 is 0 Å².